The highest BCUT2D eigenvalue weighted by Crippen LogP contribution is 2.36. The molecule has 0 aliphatic heterocycles. The van der Waals surface area contributed by atoms with Crippen molar-refractivity contribution in [2.75, 3.05) is 26.5 Å². The Labute approximate surface area is 191 Å². The van der Waals surface area contributed by atoms with Crippen LogP contribution in [0.5, 0.6) is 11.5 Å². The van der Waals surface area contributed by atoms with Crippen LogP contribution >= 0.6 is 0 Å². The molecule has 34 heavy (non-hydrogen) atoms. The number of hydrogen-bond donors (Lipinski definition) is 2. The van der Waals surface area contributed by atoms with E-state index in [1.54, 1.807) is 29.2 Å². The van der Waals surface area contributed by atoms with Crippen molar-refractivity contribution < 1.29 is 27.4 Å². The second-order valence-corrected chi connectivity index (χ2v) is 7.17. The molecule has 3 aromatic heterocycles. The van der Waals surface area contributed by atoms with Gasteiger partial charge in [-0.05, 0) is 29.8 Å². The number of rotatable bonds is 6. The lowest BCUT2D eigenvalue weighted by Gasteiger charge is -2.16. The number of anilines is 1. The number of carbonyl (C=O) groups is 1. The molecule has 4 rings (SSSR count). The van der Waals surface area contributed by atoms with Gasteiger partial charge in [0.2, 0.25) is 5.95 Å². The zero-order valence-electron chi connectivity index (χ0n) is 18.1. The van der Waals surface area contributed by atoms with E-state index >= 15 is 0 Å². The third kappa shape index (κ3) is 4.56. The number of pyridine rings is 1. The van der Waals surface area contributed by atoms with Gasteiger partial charge in [-0.1, -0.05) is 0 Å². The second-order valence-electron chi connectivity index (χ2n) is 7.17. The van der Waals surface area contributed by atoms with Crippen LogP contribution < -0.4 is 20.5 Å². The molecule has 0 aliphatic carbocycles. The lowest BCUT2D eigenvalue weighted by molar-refractivity contribution is -0.123. The quantitative estimate of drug-likeness (QED) is 0.442. The lowest BCUT2D eigenvalue weighted by Crippen LogP contribution is -2.34. The number of nitrogens with one attached hydrogen (secondary N) is 1. The summed E-state index contributed by atoms with van der Waals surface area (Å²) < 4.78 is 50.1. The van der Waals surface area contributed by atoms with Gasteiger partial charge in [0.25, 0.3) is 5.91 Å². The fourth-order valence-corrected chi connectivity index (χ4v) is 3.41. The van der Waals surface area contributed by atoms with Gasteiger partial charge in [0.1, 0.15) is 29.3 Å². The minimum Gasteiger partial charge on any atom is -0.496 e. The average molecular weight is 472 g/mol. The van der Waals surface area contributed by atoms with E-state index in [0.29, 0.717) is 16.9 Å². The van der Waals surface area contributed by atoms with Crippen LogP contribution in [0.4, 0.5) is 19.1 Å². The number of alkyl halides is 3. The number of halogens is 3. The van der Waals surface area contributed by atoms with Gasteiger partial charge in [-0.25, -0.2) is 15.0 Å². The number of nitrogen functional groups attached to an aromatic ring is 1. The Hall–Kier alpha value is -4.35. The fourth-order valence-electron chi connectivity index (χ4n) is 3.41. The molecule has 12 heteroatoms. The first-order chi connectivity index (χ1) is 16.2. The van der Waals surface area contributed by atoms with E-state index in [1.807, 2.05) is 17.4 Å². The summed E-state index contributed by atoms with van der Waals surface area (Å²) in [7, 11) is 2.63. The first-order valence-electron chi connectivity index (χ1n) is 9.86. The van der Waals surface area contributed by atoms with E-state index in [4.69, 9.17) is 15.2 Å². The highest BCUT2D eigenvalue weighted by Gasteiger charge is 2.30. The summed E-state index contributed by atoms with van der Waals surface area (Å²) in [5.41, 5.74) is 8.84. The molecule has 0 atom stereocenters. The average Bonchev–Trinajstić information content (AvgIpc) is 3.25. The van der Waals surface area contributed by atoms with Crippen molar-refractivity contribution in [2.24, 2.45) is 0 Å². The van der Waals surface area contributed by atoms with E-state index < -0.39 is 18.6 Å². The number of aromatic nitrogens is 4. The summed E-state index contributed by atoms with van der Waals surface area (Å²) in [5, 5.41) is 1.84. The third-order valence-electron chi connectivity index (χ3n) is 5.00. The number of carbonyl (C=O) groups excluding carboxylic acids is 1. The Bertz CT molecular complexity index is 1330. The molecule has 0 aliphatic rings. The molecule has 0 unspecified atom stereocenters. The predicted octanol–water partition coefficient (Wildman–Crippen LogP) is 3.35. The maximum Gasteiger partial charge on any atom is 0.405 e. The summed E-state index contributed by atoms with van der Waals surface area (Å²) in [6.07, 6.45) is 2.08. The lowest BCUT2D eigenvalue weighted by atomic mass is 10.1. The number of ether oxygens (including phenoxy) is 2. The largest absolute Gasteiger partial charge is 0.496 e. The fraction of sp³-hybridized carbons (Fsp3) is 0.182. The van der Waals surface area contributed by atoms with Gasteiger partial charge in [0.15, 0.2) is 0 Å². The van der Waals surface area contributed by atoms with Crippen molar-refractivity contribution in [2.45, 2.75) is 6.18 Å². The van der Waals surface area contributed by atoms with Gasteiger partial charge in [-0.15, -0.1) is 0 Å². The van der Waals surface area contributed by atoms with Crippen molar-refractivity contribution in [3.05, 3.63) is 54.6 Å². The molecule has 0 bridgehead atoms. The third-order valence-corrected chi connectivity index (χ3v) is 5.00. The first-order valence-corrected chi connectivity index (χ1v) is 9.86. The summed E-state index contributed by atoms with van der Waals surface area (Å²) in [4.78, 5) is 24.9. The first kappa shape index (κ1) is 22.8. The molecule has 4 aromatic rings. The smallest absolute Gasteiger partial charge is 0.405 e. The van der Waals surface area contributed by atoms with E-state index in [-0.39, 0.29) is 23.0 Å². The molecular weight excluding hydrogens is 453 g/mol. The van der Waals surface area contributed by atoms with Crippen LogP contribution in [0, 0.1) is 0 Å². The van der Waals surface area contributed by atoms with Crippen molar-refractivity contribution >= 4 is 17.5 Å². The minimum absolute atomic E-state index is 0.0552. The zero-order chi connectivity index (χ0) is 24.5. The highest BCUT2D eigenvalue weighted by molar-refractivity contribution is 6.00. The van der Waals surface area contributed by atoms with Crippen LogP contribution in [0.2, 0.25) is 0 Å². The van der Waals surface area contributed by atoms with Gasteiger partial charge >= 0.3 is 6.18 Å². The van der Waals surface area contributed by atoms with E-state index in [2.05, 4.69) is 15.0 Å². The van der Waals surface area contributed by atoms with E-state index in [9.17, 15) is 18.0 Å². The number of hydrogen-bond acceptors (Lipinski definition) is 7. The van der Waals surface area contributed by atoms with E-state index in [1.165, 1.54) is 26.4 Å². The van der Waals surface area contributed by atoms with Crippen molar-refractivity contribution in [1.29, 1.82) is 0 Å². The topological polar surface area (TPSA) is 117 Å². The molecule has 0 fully saturated rings. The Balaban J connectivity index is 1.73. The summed E-state index contributed by atoms with van der Waals surface area (Å²) in [6.45, 7) is -1.48. The number of nitrogens with two attached hydrogens (primary N) is 1. The van der Waals surface area contributed by atoms with Crippen LogP contribution in [0.3, 0.4) is 0 Å². The summed E-state index contributed by atoms with van der Waals surface area (Å²) in [5.74, 6) is -0.684. The number of fused-ring (bicyclic) bond motifs is 1. The van der Waals surface area contributed by atoms with Gasteiger partial charge in [0.05, 0.1) is 26.1 Å². The highest BCUT2D eigenvalue weighted by atomic mass is 19.4. The molecule has 0 radical (unpaired) electrons. The predicted molar refractivity (Wildman–Crippen MR) is 118 cm³/mol. The number of benzene rings is 1. The summed E-state index contributed by atoms with van der Waals surface area (Å²) >= 11 is 0. The SMILES string of the molecule is COc1cc(-c2cnc3cc(-c4cnc(N)nc4)ccn23)cc(OC)c1C(=O)NCC(F)(F)F. The number of amides is 1. The second kappa shape index (κ2) is 8.89. The molecular formula is C22H19F3N6O3. The van der Waals surface area contributed by atoms with Crippen LogP contribution in [-0.2, 0) is 0 Å². The summed E-state index contributed by atoms with van der Waals surface area (Å²) in [6, 6.07) is 6.76. The molecule has 9 nitrogen and oxygen atoms in total. The number of methoxy groups -OCH3 is 2. The maximum atomic E-state index is 12.5. The standard InChI is InChI=1S/C22H19F3N6O3/c1-33-16-5-13(6-17(34-2)19(16)20(32)30-11-22(23,24)25)15-10-27-18-7-12(3-4-31(15)18)14-8-28-21(26)29-9-14/h3-10H,11H2,1-2H3,(H,30,32)(H2,26,28,29). The van der Waals surface area contributed by atoms with Crippen LogP contribution in [0.25, 0.3) is 28.0 Å². The maximum absolute atomic E-state index is 12.5. The van der Waals surface area contributed by atoms with Gasteiger partial charge in [0, 0.05) is 29.7 Å². The molecule has 0 spiro atoms. The van der Waals surface area contributed by atoms with Crippen molar-refractivity contribution in [3.8, 4) is 33.9 Å². The van der Waals surface area contributed by atoms with Gasteiger partial charge in [-0.3, -0.25) is 9.20 Å². The van der Waals surface area contributed by atoms with E-state index in [0.717, 1.165) is 11.1 Å². The van der Waals surface area contributed by atoms with Gasteiger partial charge in [-0.2, -0.15) is 13.2 Å². The van der Waals surface area contributed by atoms with Crippen molar-refractivity contribution in [3.63, 3.8) is 0 Å². The normalized spacial score (nSPS) is 11.4. The molecule has 3 N–H and O–H groups in total. The monoisotopic (exact) mass is 472 g/mol. The van der Waals surface area contributed by atoms with Crippen molar-refractivity contribution in [1.82, 2.24) is 24.7 Å². The molecule has 1 amide bonds. The molecule has 1 aromatic carbocycles. The van der Waals surface area contributed by atoms with Gasteiger partial charge < -0.3 is 20.5 Å². The molecule has 0 saturated heterocycles. The Morgan fingerprint density at radius 3 is 2.24 bits per heavy atom. The van der Waals surface area contributed by atoms with Crippen LogP contribution in [0.15, 0.2) is 49.1 Å². The molecule has 176 valence electrons. The molecule has 3 heterocycles. The number of nitrogens with zero attached hydrogens (tertiary/aromatic N) is 4. The van der Waals surface area contributed by atoms with Crippen LogP contribution in [0.1, 0.15) is 10.4 Å². The van der Waals surface area contributed by atoms with Crippen LogP contribution in [-0.4, -0.2) is 52.2 Å². The minimum atomic E-state index is -4.55. The molecule has 0 saturated carbocycles. The number of imidazole rings is 1. The Morgan fingerprint density at radius 1 is 1.00 bits per heavy atom. The Morgan fingerprint density at radius 2 is 1.65 bits per heavy atom. The Kier molecular flexibility index (Phi) is 5.97. The zero-order valence-corrected chi connectivity index (χ0v) is 18.1.